The molecule has 8 nitrogen and oxygen atoms in total. The van der Waals surface area contributed by atoms with Crippen LogP contribution in [0.4, 0.5) is 11.4 Å². The van der Waals surface area contributed by atoms with Gasteiger partial charge in [-0.25, -0.2) is 8.42 Å². The van der Waals surface area contributed by atoms with Gasteiger partial charge in [0.15, 0.2) is 21.3 Å². The minimum absolute atomic E-state index is 0.00395. The number of fused-ring (bicyclic) bond motifs is 1. The van der Waals surface area contributed by atoms with Crippen LogP contribution in [0.25, 0.3) is 0 Å². The third kappa shape index (κ3) is 4.92. The average Bonchev–Trinajstić information content (AvgIpc) is 2.97. The van der Waals surface area contributed by atoms with Crippen molar-refractivity contribution in [2.45, 2.75) is 29.9 Å². The highest BCUT2D eigenvalue weighted by molar-refractivity contribution is 7.92. The zero-order chi connectivity index (χ0) is 25.9. The second-order valence-corrected chi connectivity index (χ2v) is 10.5. The van der Waals surface area contributed by atoms with Crippen molar-refractivity contribution in [1.29, 1.82) is 0 Å². The van der Waals surface area contributed by atoms with Gasteiger partial charge in [0.05, 0.1) is 30.1 Å². The van der Waals surface area contributed by atoms with E-state index in [1.165, 1.54) is 25.2 Å². The molecule has 188 valence electrons. The third-order valence-corrected chi connectivity index (χ3v) is 8.37. The molecule has 0 fully saturated rings. The van der Waals surface area contributed by atoms with E-state index in [0.29, 0.717) is 22.7 Å². The Hall–Kier alpha value is -3.85. The molecule has 0 aromatic heterocycles. The molecular weight excluding hydrogens is 480 g/mol. The monoisotopic (exact) mass is 508 g/mol. The zero-order valence-corrected chi connectivity index (χ0v) is 21.2. The number of sulfone groups is 1. The molecule has 0 saturated carbocycles. The van der Waals surface area contributed by atoms with E-state index in [1.807, 2.05) is 19.1 Å². The Kier molecular flexibility index (Phi) is 7.30. The molecule has 0 saturated heterocycles. The highest BCUT2D eigenvalue weighted by atomic mass is 32.2. The molecule has 2 amide bonds. The van der Waals surface area contributed by atoms with Gasteiger partial charge in [0.2, 0.25) is 11.8 Å². The molecule has 3 aromatic carbocycles. The predicted octanol–water partition coefficient (Wildman–Crippen LogP) is 4.16. The molecule has 0 aliphatic carbocycles. The van der Waals surface area contributed by atoms with Crippen LogP contribution in [0.15, 0.2) is 71.6 Å². The standard InChI is InChI=1S/C27H28N2O6S/c1-4-18-9-12-20(13-10-18)28-26(30)17-29-21-7-5-6-8-24(21)36(32,33)25(16-27(29)31)19-11-14-22(34-2)23(15-19)35-3/h5-15,25H,4,16-17H2,1-3H3,(H,28,30). The van der Waals surface area contributed by atoms with Crippen LogP contribution in [0.5, 0.6) is 11.5 Å². The number of anilines is 2. The first-order valence-corrected chi connectivity index (χ1v) is 13.1. The van der Waals surface area contributed by atoms with Crippen molar-refractivity contribution < 1.29 is 27.5 Å². The topological polar surface area (TPSA) is 102 Å². The Morgan fingerprint density at radius 3 is 2.36 bits per heavy atom. The summed E-state index contributed by atoms with van der Waals surface area (Å²) >= 11 is 0. The summed E-state index contributed by atoms with van der Waals surface area (Å²) in [6, 6.07) is 18.5. The number of ether oxygens (including phenoxy) is 2. The summed E-state index contributed by atoms with van der Waals surface area (Å²) in [5, 5.41) is 1.64. The predicted molar refractivity (Wildman–Crippen MR) is 137 cm³/mol. The molecule has 4 rings (SSSR count). The number of methoxy groups -OCH3 is 2. The Balaban J connectivity index is 1.68. The Morgan fingerprint density at radius 1 is 1.00 bits per heavy atom. The zero-order valence-electron chi connectivity index (χ0n) is 20.4. The number of carbonyl (C=O) groups excluding carboxylic acids is 2. The number of rotatable bonds is 7. The fourth-order valence-electron chi connectivity index (χ4n) is 4.28. The summed E-state index contributed by atoms with van der Waals surface area (Å²) in [7, 11) is -1.03. The first-order valence-electron chi connectivity index (χ1n) is 11.5. The van der Waals surface area contributed by atoms with Crippen molar-refractivity contribution in [2.24, 2.45) is 0 Å². The first-order chi connectivity index (χ1) is 17.3. The van der Waals surface area contributed by atoms with Crippen LogP contribution < -0.4 is 19.7 Å². The Morgan fingerprint density at radius 2 is 1.69 bits per heavy atom. The largest absolute Gasteiger partial charge is 0.493 e. The number of nitrogens with one attached hydrogen (secondary N) is 1. The van der Waals surface area contributed by atoms with E-state index in [1.54, 1.807) is 48.5 Å². The minimum Gasteiger partial charge on any atom is -0.493 e. The van der Waals surface area contributed by atoms with Gasteiger partial charge in [-0.3, -0.25) is 9.59 Å². The van der Waals surface area contributed by atoms with Crippen LogP contribution in [0, 0.1) is 0 Å². The highest BCUT2D eigenvalue weighted by Crippen LogP contribution is 2.42. The minimum atomic E-state index is -3.98. The van der Waals surface area contributed by atoms with E-state index >= 15 is 0 Å². The van der Waals surface area contributed by atoms with Gasteiger partial charge in [-0.05, 0) is 53.9 Å². The van der Waals surface area contributed by atoms with Gasteiger partial charge in [0, 0.05) is 12.1 Å². The normalized spacial score (nSPS) is 16.6. The molecule has 1 aliphatic heterocycles. The summed E-state index contributed by atoms with van der Waals surface area (Å²) in [6.07, 6.45) is 0.550. The number of benzene rings is 3. The maximum Gasteiger partial charge on any atom is 0.244 e. The smallest absolute Gasteiger partial charge is 0.244 e. The highest BCUT2D eigenvalue weighted by Gasteiger charge is 2.40. The molecule has 9 heteroatoms. The second-order valence-electron chi connectivity index (χ2n) is 8.40. The SMILES string of the molecule is CCc1ccc(NC(=O)CN2C(=O)CC(c3ccc(OC)c(OC)c3)S(=O)(=O)c3ccccc32)cc1. The maximum absolute atomic E-state index is 13.8. The second kappa shape index (κ2) is 10.4. The van der Waals surface area contributed by atoms with E-state index in [9.17, 15) is 18.0 Å². The average molecular weight is 509 g/mol. The molecule has 1 aliphatic rings. The van der Waals surface area contributed by atoms with Gasteiger partial charge in [-0.15, -0.1) is 0 Å². The Labute approximate surface area is 210 Å². The molecular formula is C27H28N2O6S. The van der Waals surface area contributed by atoms with Gasteiger partial charge in [-0.2, -0.15) is 0 Å². The molecule has 0 radical (unpaired) electrons. The third-order valence-electron chi connectivity index (χ3n) is 6.23. The van der Waals surface area contributed by atoms with Crippen LogP contribution in [-0.2, 0) is 25.8 Å². The number of para-hydroxylation sites is 1. The Bertz CT molecular complexity index is 1390. The lowest BCUT2D eigenvalue weighted by atomic mass is 10.1. The van der Waals surface area contributed by atoms with Crippen LogP contribution in [0.3, 0.4) is 0 Å². The fraction of sp³-hybridized carbons (Fsp3) is 0.259. The van der Waals surface area contributed by atoms with Gasteiger partial charge >= 0.3 is 0 Å². The van der Waals surface area contributed by atoms with E-state index in [-0.39, 0.29) is 23.5 Å². The van der Waals surface area contributed by atoms with Gasteiger partial charge < -0.3 is 19.7 Å². The van der Waals surface area contributed by atoms with Crippen molar-refractivity contribution >= 4 is 33.0 Å². The lowest BCUT2D eigenvalue weighted by Gasteiger charge is -2.22. The lowest BCUT2D eigenvalue weighted by Crippen LogP contribution is -2.38. The van der Waals surface area contributed by atoms with Crippen molar-refractivity contribution in [1.82, 2.24) is 0 Å². The molecule has 0 bridgehead atoms. The van der Waals surface area contributed by atoms with E-state index in [4.69, 9.17) is 9.47 Å². The number of amides is 2. The summed E-state index contributed by atoms with van der Waals surface area (Å²) < 4.78 is 38.1. The van der Waals surface area contributed by atoms with Crippen molar-refractivity contribution in [3.63, 3.8) is 0 Å². The van der Waals surface area contributed by atoms with Gasteiger partial charge in [0.25, 0.3) is 0 Å². The first kappa shape index (κ1) is 25.2. The number of hydrogen-bond donors (Lipinski definition) is 1. The molecule has 1 unspecified atom stereocenters. The molecule has 1 N–H and O–H groups in total. The quantitative estimate of drug-likeness (QED) is 0.514. The fourth-order valence-corrected chi connectivity index (χ4v) is 6.19. The molecule has 36 heavy (non-hydrogen) atoms. The van der Waals surface area contributed by atoms with Gasteiger partial charge in [-0.1, -0.05) is 37.3 Å². The van der Waals surface area contributed by atoms with E-state index in [0.717, 1.165) is 12.0 Å². The summed E-state index contributed by atoms with van der Waals surface area (Å²) in [4.78, 5) is 27.5. The van der Waals surface area contributed by atoms with Crippen LogP contribution >= 0.6 is 0 Å². The van der Waals surface area contributed by atoms with E-state index in [2.05, 4.69) is 5.32 Å². The van der Waals surface area contributed by atoms with Crippen molar-refractivity contribution in [3.05, 3.63) is 77.9 Å². The van der Waals surface area contributed by atoms with E-state index < -0.39 is 26.9 Å². The molecule has 1 atom stereocenters. The summed E-state index contributed by atoms with van der Waals surface area (Å²) in [5.41, 5.74) is 2.32. The molecule has 3 aromatic rings. The van der Waals surface area contributed by atoms with Crippen LogP contribution in [0.2, 0.25) is 0 Å². The maximum atomic E-state index is 13.8. The molecule has 0 spiro atoms. The van der Waals surface area contributed by atoms with Crippen LogP contribution in [0.1, 0.15) is 29.7 Å². The lowest BCUT2D eigenvalue weighted by molar-refractivity contribution is -0.121. The van der Waals surface area contributed by atoms with Crippen molar-refractivity contribution in [3.8, 4) is 11.5 Å². The molecule has 1 heterocycles. The van der Waals surface area contributed by atoms with Crippen molar-refractivity contribution in [2.75, 3.05) is 31.0 Å². The number of aryl methyl sites for hydroxylation is 1. The summed E-state index contributed by atoms with van der Waals surface area (Å²) in [6.45, 7) is 1.72. The summed E-state index contributed by atoms with van der Waals surface area (Å²) in [5.74, 6) is -0.0890. The number of nitrogens with zero attached hydrogens (tertiary/aromatic N) is 1. The number of carbonyl (C=O) groups is 2. The van der Waals surface area contributed by atoms with Gasteiger partial charge in [0.1, 0.15) is 6.54 Å². The van der Waals surface area contributed by atoms with Crippen LogP contribution in [-0.4, -0.2) is 41.0 Å². The number of hydrogen-bond acceptors (Lipinski definition) is 6.